The molecule has 31 heavy (non-hydrogen) atoms. The molecule has 152 valence electrons. The van der Waals surface area contributed by atoms with Crippen molar-refractivity contribution in [2.24, 2.45) is 0 Å². The Morgan fingerprint density at radius 2 is 2.00 bits per heavy atom. The van der Waals surface area contributed by atoms with Crippen LogP contribution in [0.3, 0.4) is 0 Å². The van der Waals surface area contributed by atoms with Crippen LogP contribution in [0.15, 0.2) is 61.4 Å². The van der Waals surface area contributed by atoms with E-state index < -0.39 is 0 Å². The van der Waals surface area contributed by atoms with Gasteiger partial charge in [0.1, 0.15) is 17.8 Å². The number of nitrogen functional groups attached to an aromatic ring is 1. The molecule has 0 bridgehead atoms. The van der Waals surface area contributed by atoms with E-state index in [-0.39, 0.29) is 11.9 Å². The van der Waals surface area contributed by atoms with E-state index in [9.17, 15) is 4.79 Å². The van der Waals surface area contributed by atoms with Crippen LogP contribution in [0.25, 0.3) is 21.8 Å². The highest BCUT2D eigenvalue weighted by atomic mass is 16.2. The third-order valence-electron chi connectivity index (χ3n) is 5.62. The van der Waals surface area contributed by atoms with Crippen molar-refractivity contribution in [1.29, 1.82) is 0 Å². The van der Waals surface area contributed by atoms with Gasteiger partial charge in [0.15, 0.2) is 5.65 Å². The fraction of sp³-hybridized carbons (Fsp3) is 0.167. The summed E-state index contributed by atoms with van der Waals surface area (Å²) in [5.41, 5.74) is 8.26. The second kappa shape index (κ2) is 7.58. The second-order valence-electron chi connectivity index (χ2n) is 7.46. The lowest BCUT2D eigenvalue weighted by atomic mass is 10.0. The van der Waals surface area contributed by atoms with Gasteiger partial charge < -0.3 is 10.6 Å². The first-order valence-corrected chi connectivity index (χ1v) is 10.1. The van der Waals surface area contributed by atoms with Crippen LogP contribution in [0, 0.1) is 11.8 Å². The fourth-order valence-electron chi connectivity index (χ4n) is 4.07. The molecule has 0 spiro atoms. The zero-order valence-electron chi connectivity index (χ0n) is 16.8. The Labute approximate surface area is 179 Å². The van der Waals surface area contributed by atoms with Crippen LogP contribution in [-0.4, -0.2) is 43.6 Å². The minimum Gasteiger partial charge on any atom is -0.383 e. The van der Waals surface area contributed by atoms with E-state index in [4.69, 9.17) is 10.8 Å². The van der Waals surface area contributed by atoms with Crippen molar-refractivity contribution in [2.45, 2.75) is 12.5 Å². The largest absolute Gasteiger partial charge is 0.383 e. The molecule has 0 aliphatic carbocycles. The minimum atomic E-state index is -0.0796. The highest BCUT2D eigenvalue weighted by Crippen LogP contribution is 2.28. The Bertz CT molecular complexity index is 1390. The van der Waals surface area contributed by atoms with E-state index in [0.29, 0.717) is 35.6 Å². The molecule has 7 nitrogen and oxygen atoms in total. The maximum atomic E-state index is 12.0. The molecule has 2 N–H and O–H groups in total. The van der Waals surface area contributed by atoms with E-state index in [1.807, 2.05) is 28.9 Å². The van der Waals surface area contributed by atoms with Crippen LogP contribution in [0.1, 0.15) is 23.7 Å². The number of carbonyl (C=O) groups is 1. The summed E-state index contributed by atoms with van der Waals surface area (Å²) in [6.45, 7) is 4.76. The number of nitrogens with two attached hydrogens (primary N) is 1. The summed E-state index contributed by atoms with van der Waals surface area (Å²) in [6.07, 6.45) is 3.54. The number of anilines is 1. The average molecular weight is 408 g/mol. The number of rotatable bonds is 2. The van der Waals surface area contributed by atoms with Crippen LogP contribution in [0.2, 0.25) is 0 Å². The summed E-state index contributed by atoms with van der Waals surface area (Å²) >= 11 is 0. The summed E-state index contributed by atoms with van der Waals surface area (Å²) < 4.78 is 1.83. The van der Waals surface area contributed by atoms with Crippen molar-refractivity contribution in [3.05, 3.63) is 72.7 Å². The van der Waals surface area contributed by atoms with Crippen LogP contribution < -0.4 is 5.73 Å². The normalized spacial score (nSPS) is 15.7. The van der Waals surface area contributed by atoms with Gasteiger partial charge in [-0.1, -0.05) is 48.9 Å². The minimum absolute atomic E-state index is 0.00574. The number of hydrogen-bond acceptors (Lipinski definition) is 5. The van der Waals surface area contributed by atoms with Gasteiger partial charge in [-0.2, -0.15) is 5.10 Å². The van der Waals surface area contributed by atoms with Gasteiger partial charge in [-0.05, 0) is 35.3 Å². The number of amides is 1. The molecule has 5 rings (SSSR count). The first-order chi connectivity index (χ1) is 15.2. The molecule has 1 saturated heterocycles. The Morgan fingerprint density at radius 3 is 2.87 bits per heavy atom. The van der Waals surface area contributed by atoms with Gasteiger partial charge in [0.25, 0.3) is 0 Å². The summed E-state index contributed by atoms with van der Waals surface area (Å²) in [6, 6.07) is 14.2. The topological polar surface area (TPSA) is 89.9 Å². The molecule has 1 amide bonds. The van der Waals surface area contributed by atoms with Gasteiger partial charge in [0, 0.05) is 18.7 Å². The molecule has 1 aliphatic rings. The predicted molar refractivity (Wildman–Crippen MR) is 120 cm³/mol. The first-order valence-electron chi connectivity index (χ1n) is 10.1. The van der Waals surface area contributed by atoms with Crippen molar-refractivity contribution >= 4 is 33.5 Å². The zero-order chi connectivity index (χ0) is 21.4. The molecule has 2 aromatic carbocycles. The Morgan fingerprint density at radius 1 is 1.16 bits per heavy atom. The lowest BCUT2D eigenvalue weighted by molar-refractivity contribution is -0.125. The lowest BCUT2D eigenvalue weighted by Gasteiger charge is -2.14. The van der Waals surface area contributed by atoms with Gasteiger partial charge in [0.2, 0.25) is 5.91 Å². The zero-order valence-corrected chi connectivity index (χ0v) is 16.8. The molecule has 7 heteroatoms. The molecular formula is C24H20N6O. The van der Waals surface area contributed by atoms with Gasteiger partial charge in [0.05, 0.1) is 11.4 Å². The van der Waals surface area contributed by atoms with E-state index in [1.54, 1.807) is 4.90 Å². The smallest absolute Gasteiger partial charge is 0.246 e. The first kappa shape index (κ1) is 18.8. The Kier molecular flexibility index (Phi) is 4.60. The molecule has 1 aliphatic heterocycles. The third-order valence-corrected chi connectivity index (χ3v) is 5.62. The van der Waals surface area contributed by atoms with Gasteiger partial charge in [-0.15, -0.1) is 0 Å². The average Bonchev–Trinajstić information content (AvgIpc) is 3.43. The summed E-state index contributed by atoms with van der Waals surface area (Å²) in [5.74, 6) is 6.70. The van der Waals surface area contributed by atoms with Gasteiger partial charge in [-0.3, -0.25) is 4.79 Å². The number of benzene rings is 2. The number of nitrogens with zero attached hydrogens (tertiary/aromatic N) is 5. The van der Waals surface area contributed by atoms with Crippen LogP contribution in [-0.2, 0) is 4.79 Å². The molecule has 0 saturated carbocycles. The van der Waals surface area contributed by atoms with E-state index in [0.717, 1.165) is 22.8 Å². The SMILES string of the molecule is C=CC(=O)N1CC[C@@H](n2nc(C#Cc3cccc4ccccc34)c3c(N)ncnc32)C1. The van der Waals surface area contributed by atoms with Gasteiger partial charge >= 0.3 is 0 Å². The highest BCUT2D eigenvalue weighted by Gasteiger charge is 2.29. The standard InChI is InChI=1S/C24H20N6O/c1-2-21(31)29-13-12-18(14-29)30-24-22(23(25)26-15-27-24)20(28-30)11-10-17-8-5-7-16-6-3-4-9-19(16)17/h2-9,15,18H,1,12-14H2,(H2,25,26,27)/t18-/m1/s1. The maximum absolute atomic E-state index is 12.0. The third kappa shape index (κ3) is 3.28. The van der Waals surface area contributed by atoms with Crippen molar-refractivity contribution in [1.82, 2.24) is 24.6 Å². The van der Waals surface area contributed by atoms with Crippen LogP contribution in [0.5, 0.6) is 0 Å². The van der Waals surface area contributed by atoms with Gasteiger partial charge in [-0.25, -0.2) is 14.6 Å². The Balaban J connectivity index is 1.59. The second-order valence-corrected chi connectivity index (χ2v) is 7.46. The Hall–Kier alpha value is -4.18. The maximum Gasteiger partial charge on any atom is 0.246 e. The molecule has 3 heterocycles. The summed E-state index contributed by atoms with van der Waals surface area (Å²) in [4.78, 5) is 22.3. The number of carbonyl (C=O) groups excluding carboxylic acids is 1. The number of likely N-dealkylation sites (tertiary alicyclic amines) is 1. The van der Waals surface area contributed by atoms with Crippen molar-refractivity contribution < 1.29 is 4.79 Å². The molecule has 2 aromatic heterocycles. The van der Waals surface area contributed by atoms with E-state index >= 15 is 0 Å². The molecule has 4 aromatic rings. The fourth-order valence-corrected chi connectivity index (χ4v) is 4.07. The van der Waals surface area contributed by atoms with Crippen molar-refractivity contribution in [3.63, 3.8) is 0 Å². The summed E-state index contributed by atoms with van der Waals surface area (Å²) in [7, 11) is 0. The van der Waals surface area contributed by atoms with E-state index in [2.05, 4.69) is 46.6 Å². The van der Waals surface area contributed by atoms with Crippen molar-refractivity contribution in [2.75, 3.05) is 18.8 Å². The highest BCUT2D eigenvalue weighted by molar-refractivity contribution is 5.92. The molecule has 1 atom stereocenters. The number of aromatic nitrogens is 4. The monoisotopic (exact) mass is 408 g/mol. The molecule has 0 radical (unpaired) electrons. The molecule has 1 fully saturated rings. The van der Waals surface area contributed by atoms with E-state index in [1.165, 1.54) is 12.4 Å². The lowest BCUT2D eigenvalue weighted by Crippen LogP contribution is -2.27. The van der Waals surface area contributed by atoms with Crippen LogP contribution in [0.4, 0.5) is 5.82 Å². The predicted octanol–water partition coefficient (Wildman–Crippen LogP) is 2.92. The molecular weight excluding hydrogens is 388 g/mol. The van der Waals surface area contributed by atoms with Crippen LogP contribution >= 0.6 is 0 Å². The summed E-state index contributed by atoms with van der Waals surface area (Å²) in [5, 5.41) is 7.60. The number of hydrogen-bond donors (Lipinski definition) is 1. The number of fused-ring (bicyclic) bond motifs is 2. The quantitative estimate of drug-likeness (QED) is 0.407. The molecule has 0 unspecified atom stereocenters. The van der Waals surface area contributed by atoms with Crippen molar-refractivity contribution in [3.8, 4) is 11.8 Å².